The van der Waals surface area contributed by atoms with Crippen molar-refractivity contribution in [1.29, 1.82) is 0 Å². The van der Waals surface area contributed by atoms with E-state index in [0.717, 1.165) is 17.7 Å². The quantitative estimate of drug-likeness (QED) is 0.781. The van der Waals surface area contributed by atoms with E-state index in [1.54, 1.807) is 24.3 Å². The Hall–Kier alpha value is -2.32. The van der Waals surface area contributed by atoms with Gasteiger partial charge in [-0.3, -0.25) is 4.79 Å². The first-order valence-electron chi connectivity index (χ1n) is 9.04. The minimum absolute atomic E-state index is 0.114. The van der Waals surface area contributed by atoms with E-state index in [0.29, 0.717) is 12.0 Å². The number of hydrogen-bond donors (Lipinski definition) is 0. The molecule has 28 heavy (non-hydrogen) atoms. The molecule has 0 unspecified atom stereocenters. The number of sulfonamides is 1. The Labute approximate surface area is 163 Å². The third-order valence-corrected chi connectivity index (χ3v) is 6.78. The zero-order chi connectivity index (χ0) is 20.5. The first-order valence-corrected chi connectivity index (χ1v) is 10.5. The second kappa shape index (κ2) is 7.97. The maximum Gasteiger partial charge on any atom is 0.256 e. The predicted molar refractivity (Wildman–Crippen MR) is 102 cm³/mol. The average Bonchev–Trinajstić information content (AvgIpc) is 2.67. The van der Waals surface area contributed by atoms with Crippen LogP contribution < -0.4 is 0 Å². The van der Waals surface area contributed by atoms with Crippen LogP contribution in [-0.2, 0) is 10.0 Å². The molecule has 150 valence electrons. The van der Waals surface area contributed by atoms with Crippen LogP contribution in [0.1, 0.15) is 35.7 Å². The van der Waals surface area contributed by atoms with Crippen molar-refractivity contribution in [1.82, 2.24) is 9.21 Å². The van der Waals surface area contributed by atoms with Crippen molar-refractivity contribution in [2.75, 3.05) is 26.2 Å². The molecule has 0 aliphatic carbocycles. The van der Waals surface area contributed by atoms with E-state index in [1.165, 1.54) is 9.21 Å². The molecule has 1 aliphatic rings. The van der Waals surface area contributed by atoms with E-state index >= 15 is 0 Å². The lowest BCUT2D eigenvalue weighted by molar-refractivity contribution is 0.0693. The number of amides is 1. The summed E-state index contributed by atoms with van der Waals surface area (Å²) in [6.45, 7) is 4.57. The van der Waals surface area contributed by atoms with Gasteiger partial charge in [0.25, 0.3) is 5.91 Å². The van der Waals surface area contributed by atoms with Gasteiger partial charge in [0.1, 0.15) is 11.6 Å². The van der Waals surface area contributed by atoms with Crippen molar-refractivity contribution < 1.29 is 22.0 Å². The largest absolute Gasteiger partial charge is 0.336 e. The molecule has 0 bridgehead atoms. The van der Waals surface area contributed by atoms with Crippen LogP contribution in [0, 0.1) is 11.6 Å². The van der Waals surface area contributed by atoms with Gasteiger partial charge in [0, 0.05) is 32.2 Å². The van der Waals surface area contributed by atoms with E-state index in [4.69, 9.17) is 0 Å². The fraction of sp³-hybridized carbons (Fsp3) is 0.350. The van der Waals surface area contributed by atoms with Gasteiger partial charge in [0.05, 0.1) is 10.5 Å². The van der Waals surface area contributed by atoms with Crippen molar-refractivity contribution >= 4 is 15.9 Å². The molecule has 0 radical (unpaired) electrons. The monoisotopic (exact) mass is 408 g/mol. The molecule has 0 atom stereocenters. The number of halogens is 2. The summed E-state index contributed by atoms with van der Waals surface area (Å²) < 4.78 is 53.8. The van der Waals surface area contributed by atoms with Crippen LogP contribution in [0.15, 0.2) is 47.4 Å². The molecule has 1 heterocycles. The molecule has 0 spiro atoms. The number of benzene rings is 2. The molecular formula is C20H22F2N2O3S. The highest BCUT2D eigenvalue weighted by atomic mass is 32.2. The van der Waals surface area contributed by atoms with Crippen LogP contribution in [-0.4, -0.2) is 49.7 Å². The Morgan fingerprint density at radius 2 is 1.57 bits per heavy atom. The Morgan fingerprint density at radius 1 is 0.964 bits per heavy atom. The summed E-state index contributed by atoms with van der Waals surface area (Å²) in [6, 6.07) is 9.58. The Kier molecular flexibility index (Phi) is 5.81. The highest BCUT2D eigenvalue weighted by molar-refractivity contribution is 7.89. The van der Waals surface area contributed by atoms with Crippen LogP contribution in [0.25, 0.3) is 0 Å². The molecule has 0 aromatic heterocycles. The number of carbonyl (C=O) groups is 1. The summed E-state index contributed by atoms with van der Waals surface area (Å²) in [5.74, 6) is -1.95. The third-order valence-electron chi connectivity index (χ3n) is 4.87. The van der Waals surface area contributed by atoms with E-state index in [-0.39, 0.29) is 36.6 Å². The second-order valence-corrected chi connectivity index (χ2v) is 8.98. The minimum Gasteiger partial charge on any atom is -0.336 e. The Morgan fingerprint density at radius 3 is 2.11 bits per heavy atom. The minimum atomic E-state index is -3.66. The average molecular weight is 408 g/mol. The SMILES string of the molecule is CC(C)c1ccc(S(=O)(=O)N2CCN(C(=O)c3ccc(F)cc3F)CC2)cc1. The van der Waals surface area contributed by atoms with E-state index in [2.05, 4.69) is 0 Å². The standard InChI is InChI=1S/C20H22F2N2O3S/c1-14(2)15-3-6-17(7-4-15)28(26,27)24-11-9-23(10-12-24)20(25)18-8-5-16(21)13-19(18)22/h3-8,13-14H,9-12H2,1-2H3. The lowest BCUT2D eigenvalue weighted by Crippen LogP contribution is -2.50. The molecule has 2 aromatic rings. The van der Waals surface area contributed by atoms with Crippen molar-refractivity contribution in [3.8, 4) is 0 Å². The van der Waals surface area contributed by atoms with E-state index < -0.39 is 27.6 Å². The smallest absolute Gasteiger partial charge is 0.256 e. The fourth-order valence-corrected chi connectivity index (χ4v) is 4.56. The number of nitrogens with zero attached hydrogens (tertiary/aromatic N) is 2. The molecule has 1 fully saturated rings. The van der Waals surface area contributed by atoms with Gasteiger partial charge in [-0.05, 0) is 35.7 Å². The van der Waals surface area contributed by atoms with Gasteiger partial charge in [-0.25, -0.2) is 17.2 Å². The van der Waals surface area contributed by atoms with Gasteiger partial charge in [0.2, 0.25) is 10.0 Å². The summed E-state index contributed by atoms with van der Waals surface area (Å²) >= 11 is 0. The molecule has 1 aliphatic heterocycles. The fourth-order valence-electron chi connectivity index (χ4n) is 3.14. The lowest BCUT2D eigenvalue weighted by atomic mass is 10.0. The van der Waals surface area contributed by atoms with Crippen molar-refractivity contribution in [2.24, 2.45) is 0 Å². The highest BCUT2D eigenvalue weighted by Crippen LogP contribution is 2.22. The predicted octanol–water partition coefficient (Wildman–Crippen LogP) is 3.23. The molecule has 5 nitrogen and oxygen atoms in total. The molecule has 1 saturated heterocycles. The number of rotatable bonds is 4. The summed E-state index contributed by atoms with van der Waals surface area (Å²) in [5, 5.41) is 0. The second-order valence-electron chi connectivity index (χ2n) is 7.04. The van der Waals surface area contributed by atoms with Crippen LogP contribution >= 0.6 is 0 Å². The van der Waals surface area contributed by atoms with E-state index in [9.17, 15) is 22.0 Å². The summed E-state index contributed by atoms with van der Waals surface area (Å²) in [5.41, 5.74) is 0.831. The number of hydrogen-bond acceptors (Lipinski definition) is 3. The third kappa shape index (κ3) is 4.07. The van der Waals surface area contributed by atoms with Crippen LogP contribution in [0.3, 0.4) is 0 Å². The summed E-state index contributed by atoms with van der Waals surface area (Å²) in [4.78, 5) is 14.0. The molecule has 2 aromatic carbocycles. The van der Waals surface area contributed by atoms with Crippen molar-refractivity contribution in [3.63, 3.8) is 0 Å². The zero-order valence-corrected chi connectivity index (χ0v) is 16.5. The Bertz CT molecular complexity index is 967. The topological polar surface area (TPSA) is 57.7 Å². The van der Waals surface area contributed by atoms with Gasteiger partial charge in [0.15, 0.2) is 0 Å². The molecule has 8 heteroatoms. The van der Waals surface area contributed by atoms with Crippen LogP contribution in [0.5, 0.6) is 0 Å². The number of piperazine rings is 1. The highest BCUT2D eigenvalue weighted by Gasteiger charge is 2.31. The van der Waals surface area contributed by atoms with Gasteiger partial charge in [-0.15, -0.1) is 0 Å². The summed E-state index contributed by atoms with van der Waals surface area (Å²) in [7, 11) is -3.66. The summed E-state index contributed by atoms with van der Waals surface area (Å²) in [6.07, 6.45) is 0. The zero-order valence-electron chi connectivity index (χ0n) is 15.7. The first-order chi connectivity index (χ1) is 13.2. The van der Waals surface area contributed by atoms with Gasteiger partial charge >= 0.3 is 0 Å². The normalized spacial score (nSPS) is 15.8. The maximum atomic E-state index is 13.8. The first kappa shape index (κ1) is 20.4. The molecule has 0 N–H and O–H groups in total. The van der Waals surface area contributed by atoms with E-state index in [1.807, 2.05) is 13.8 Å². The van der Waals surface area contributed by atoms with Crippen LogP contribution in [0.2, 0.25) is 0 Å². The van der Waals surface area contributed by atoms with Gasteiger partial charge < -0.3 is 4.90 Å². The van der Waals surface area contributed by atoms with Gasteiger partial charge in [-0.1, -0.05) is 26.0 Å². The van der Waals surface area contributed by atoms with Crippen molar-refractivity contribution in [2.45, 2.75) is 24.7 Å². The Balaban J connectivity index is 1.69. The molecule has 0 saturated carbocycles. The molecule has 1 amide bonds. The maximum absolute atomic E-state index is 13.8. The molecular weight excluding hydrogens is 386 g/mol. The van der Waals surface area contributed by atoms with Crippen molar-refractivity contribution in [3.05, 3.63) is 65.2 Å². The van der Waals surface area contributed by atoms with Gasteiger partial charge in [-0.2, -0.15) is 4.31 Å². The number of carbonyl (C=O) groups excluding carboxylic acids is 1. The molecule has 3 rings (SSSR count). The lowest BCUT2D eigenvalue weighted by Gasteiger charge is -2.34. The van der Waals surface area contributed by atoms with Crippen LogP contribution in [0.4, 0.5) is 8.78 Å².